The molecule has 4 nitrogen and oxygen atoms in total. The van der Waals surface area contributed by atoms with Gasteiger partial charge in [0.25, 0.3) is 0 Å². The molecule has 0 aliphatic heterocycles. The summed E-state index contributed by atoms with van der Waals surface area (Å²) in [5.74, 6) is 1.16. The highest BCUT2D eigenvalue weighted by atomic mass is 19.4. The van der Waals surface area contributed by atoms with Gasteiger partial charge in [-0.25, -0.2) is 9.97 Å². The summed E-state index contributed by atoms with van der Waals surface area (Å²) >= 11 is 0. The number of hydrogen-bond acceptors (Lipinski definition) is 4. The minimum Gasteiger partial charge on any atom is -0.384 e. The average molecular weight is 424 g/mol. The van der Waals surface area contributed by atoms with Gasteiger partial charge in [0.1, 0.15) is 12.1 Å². The average Bonchev–Trinajstić information content (AvgIpc) is 3.46. The maximum atomic E-state index is 13.3. The highest BCUT2D eigenvalue weighted by molar-refractivity contribution is 5.78. The number of rotatable bonds is 6. The van der Waals surface area contributed by atoms with E-state index in [0.29, 0.717) is 35.2 Å². The van der Waals surface area contributed by atoms with Gasteiger partial charge in [-0.15, -0.1) is 0 Å². The molecule has 0 amide bonds. The van der Waals surface area contributed by atoms with Crippen LogP contribution in [0.5, 0.6) is 0 Å². The Bertz CT molecular complexity index is 1110. The summed E-state index contributed by atoms with van der Waals surface area (Å²) in [7, 11) is 0. The van der Waals surface area contributed by atoms with Gasteiger partial charge in [-0.3, -0.25) is 0 Å². The van der Waals surface area contributed by atoms with Gasteiger partial charge in [0.2, 0.25) is 0 Å². The normalized spacial score (nSPS) is 15.6. The van der Waals surface area contributed by atoms with Crippen LogP contribution in [0.3, 0.4) is 0 Å². The number of nitrogens with zero attached hydrogens (tertiary/aromatic N) is 2. The molecule has 1 fully saturated rings. The molecule has 160 valence electrons. The number of nitrogens with one attached hydrogen (secondary N) is 2. The Balaban J connectivity index is 1.46. The van der Waals surface area contributed by atoms with Crippen LogP contribution in [0.2, 0.25) is 0 Å². The summed E-state index contributed by atoms with van der Waals surface area (Å²) in [5.41, 5.74) is 4.69. The van der Waals surface area contributed by atoms with Crippen molar-refractivity contribution in [3.8, 4) is 11.3 Å². The van der Waals surface area contributed by atoms with E-state index in [1.807, 2.05) is 12.1 Å². The molecule has 1 heterocycles. The van der Waals surface area contributed by atoms with Crippen LogP contribution in [-0.2, 0) is 19.0 Å². The smallest absolute Gasteiger partial charge is 0.384 e. The predicted octanol–water partition coefficient (Wildman–Crippen LogP) is 6.22. The van der Waals surface area contributed by atoms with E-state index in [0.717, 1.165) is 43.9 Å². The van der Waals surface area contributed by atoms with Crippen molar-refractivity contribution in [2.75, 3.05) is 17.2 Å². The Morgan fingerprint density at radius 3 is 2.65 bits per heavy atom. The number of anilines is 3. The molecule has 0 atom stereocenters. The third kappa shape index (κ3) is 4.36. The quantitative estimate of drug-likeness (QED) is 0.493. The summed E-state index contributed by atoms with van der Waals surface area (Å²) in [5, 5.41) is 6.59. The number of alkyl halides is 3. The first kappa shape index (κ1) is 19.8. The number of hydrogen-bond donors (Lipinski definition) is 2. The summed E-state index contributed by atoms with van der Waals surface area (Å²) in [4.78, 5) is 8.68. The lowest BCUT2D eigenvalue weighted by molar-refractivity contribution is -0.137. The Labute approximate surface area is 178 Å². The van der Waals surface area contributed by atoms with Crippen molar-refractivity contribution in [1.82, 2.24) is 9.97 Å². The van der Waals surface area contributed by atoms with E-state index in [2.05, 4.69) is 26.7 Å². The molecule has 0 spiro atoms. The number of halogens is 3. The number of fused-ring (bicyclic) bond motifs is 1. The molecule has 2 aromatic carbocycles. The van der Waals surface area contributed by atoms with Gasteiger partial charge in [0.05, 0.1) is 11.3 Å². The highest BCUT2D eigenvalue weighted by Gasteiger charge is 2.31. The van der Waals surface area contributed by atoms with Crippen molar-refractivity contribution < 1.29 is 13.2 Å². The lowest BCUT2D eigenvalue weighted by Gasteiger charge is -2.16. The molecule has 0 radical (unpaired) electrons. The second-order valence-corrected chi connectivity index (χ2v) is 8.29. The van der Waals surface area contributed by atoms with Crippen molar-refractivity contribution >= 4 is 17.2 Å². The van der Waals surface area contributed by atoms with Gasteiger partial charge >= 0.3 is 6.18 Å². The van der Waals surface area contributed by atoms with Crippen LogP contribution in [0.4, 0.5) is 30.4 Å². The molecule has 7 heteroatoms. The molecule has 5 rings (SSSR count). The van der Waals surface area contributed by atoms with Crippen LogP contribution in [0.1, 0.15) is 36.0 Å². The monoisotopic (exact) mass is 424 g/mol. The summed E-state index contributed by atoms with van der Waals surface area (Å²) < 4.78 is 39.8. The minimum absolute atomic E-state index is 0.451. The summed E-state index contributed by atoms with van der Waals surface area (Å²) in [6.07, 6.45) is 2.55. The van der Waals surface area contributed by atoms with Crippen LogP contribution < -0.4 is 10.6 Å². The van der Waals surface area contributed by atoms with E-state index in [9.17, 15) is 13.2 Å². The van der Waals surface area contributed by atoms with E-state index in [1.165, 1.54) is 29.6 Å². The fraction of sp³-hybridized carbons (Fsp3) is 0.333. The summed E-state index contributed by atoms with van der Waals surface area (Å²) in [6.45, 7) is 0.667. The van der Waals surface area contributed by atoms with Gasteiger partial charge in [-0.2, -0.15) is 13.2 Å². The fourth-order valence-electron chi connectivity index (χ4n) is 4.11. The van der Waals surface area contributed by atoms with Crippen molar-refractivity contribution in [2.45, 2.75) is 38.3 Å². The van der Waals surface area contributed by atoms with Gasteiger partial charge in [-0.1, -0.05) is 18.2 Å². The third-order valence-electron chi connectivity index (χ3n) is 5.98. The molecule has 2 aliphatic rings. The zero-order chi connectivity index (χ0) is 21.4. The van der Waals surface area contributed by atoms with E-state index < -0.39 is 11.7 Å². The maximum absolute atomic E-state index is 13.3. The van der Waals surface area contributed by atoms with Gasteiger partial charge < -0.3 is 10.6 Å². The molecule has 2 aliphatic carbocycles. The Kier molecular flexibility index (Phi) is 5.04. The minimum atomic E-state index is -4.39. The second-order valence-electron chi connectivity index (χ2n) is 8.29. The molecule has 2 N–H and O–H groups in total. The zero-order valence-corrected chi connectivity index (χ0v) is 17.0. The first-order valence-electron chi connectivity index (χ1n) is 10.6. The lowest BCUT2D eigenvalue weighted by Crippen LogP contribution is -2.09. The largest absolute Gasteiger partial charge is 0.416 e. The van der Waals surface area contributed by atoms with Crippen molar-refractivity contribution in [2.24, 2.45) is 5.92 Å². The SMILES string of the molecule is FC(F)(F)c1ccc(-c2cc(Nc3cccc4c3CCC4)ncn2)c(NCC2CC2)c1. The highest BCUT2D eigenvalue weighted by Crippen LogP contribution is 2.37. The summed E-state index contributed by atoms with van der Waals surface area (Å²) in [6, 6.07) is 11.8. The van der Waals surface area contributed by atoms with Crippen molar-refractivity contribution in [3.63, 3.8) is 0 Å². The molecule has 1 aromatic heterocycles. The van der Waals surface area contributed by atoms with Crippen LogP contribution in [0, 0.1) is 5.92 Å². The predicted molar refractivity (Wildman–Crippen MR) is 115 cm³/mol. The van der Waals surface area contributed by atoms with Gasteiger partial charge in [0.15, 0.2) is 0 Å². The molecule has 1 saturated carbocycles. The number of benzene rings is 2. The van der Waals surface area contributed by atoms with Gasteiger partial charge in [-0.05, 0) is 67.3 Å². The van der Waals surface area contributed by atoms with Crippen LogP contribution in [0.25, 0.3) is 11.3 Å². The topological polar surface area (TPSA) is 49.8 Å². The van der Waals surface area contributed by atoms with Gasteiger partial charge in [0, 0.05) is 29.5 Å². The van der Waals surface area contributed by atoms with Crippen molar-refractivity contribution in [3.05, 3.63) is 65.5 Å². The van der Waals surface area contributed by atoms with Crippen LogP contribution >= 0.6 is 0 Å². The maximum Gasteiger partial charge on any atom is 0.416 e. The number of aryl methyl sites for hydroxylation is 1. The molecular formula is C24H23F3N4. The van der Waals surface area contributed by atoms with Crippen LogP contribution in [0.15, 0.2) is 48.8 Å². The molecule has 31 heavy (non-hydrogen) atoms. The molecule has 0 saturated heterocycles. The zero-order valence-electron chi connectivity index (χ0n) is 17.0. The Morgan fingerprint density at radius 2 is 1.84 bits per heavy atom. The molecule has 3 aromatic rings. The van der Waals surface area contributed by atoms with E-state index in [4.69, 9.17) is 0 Å². The third-order valence-corrected chi connectivity index (χ3v) is 5.98. The van der Waals surface area contributed by atoms with Crippen molar-refractivity contribution in [1.29, 1.82) is 0 Å². The van der Waals surface area contributed by atoms with Crippen LogP contribution in [-0.4, -0.2) is 16.5 Å². The van der Waals surface area contributed by atoms with E-state index in [-0.39, 0.29) is 0 Å². The molecule has 0 bridgehead atoms. The van der Waals surface area contributed by atoms with E-state index in [1.54, 1.807) is 6.07 Å². The number of aromatic nitrogens is 2. The Hall–Kier alpha value is -3.09. The molecule has 0 unspecified atom stereocenters. The standard InChI is InChI=1S/C24H23F3N4/c25-24(26,27)17-9-10-19(21(11-17)28-13-15-7-8-15)22-12-23(30-14-29-22)31-20-6-2-4-16-3-1-5-18(16)20/h2,4,6,9-12,14-15,28H,1,3,5,7-8,13H2,(H,29,30,31). The Morgan fingerprint density at radius 1 is 0.968 bits per heavy atom. The molecular weight excluding hydrogens is 401 g/mol. The fourth-order valence-corrected chi connectivity index (χ4v) is 4.11. The second kappa shape index (κ2) is 7.87. The van der Waals surface area contributed by atoms with E-state index >= 15 is 0 Å². The lowest BCUT2D eigenvalue weighted by atomic mass is 10.0. The first-order chi connectivity index (χ1) is 15.0. The first-order valence-corrected chi connectivity index (χ1v) is 10.6.